The van der Waals surface area contributed by atoms with E-state index in [2.05, 4.69) is 9.82 Å². The molecule has 1 N–H and O–H groups in total. The lowest BCUT2D eigenvalue weighted by molar-refractivity contribution is 0.587. The van der Waals surface area contributed by atoms with Gasteiger partial charge < -0.3 is 0 Å². The van der Waals surface area contributed by atoms with Gasteiger partial charge in [0.05, 0.1) is 18.5 Å². The Bertz CT molecular complexity index is 705. The number of sulfonamides is 1. The van der Waals surface area contributed by atoms with Gasteiger partial charge in [-0.05, 0) is 31.0 Å². The summed E-state index contributed by atoms with van der Waals surface area (Å²) in [6.07, 6.45) is 1.16. The molecular weight excluding hydrogens is 274 g/mol. The maximum absolute atomic E-state index is 11.1. The number of nitrogens with one attached hydrogen (secondary N) is 1. The summed E-state index contributed by atoms with van der Waals surface area (Å²) >= 11 is 0. The predicted octanol–water partition coefficient (Wildman–Crippen LogP) is 1.60. The van der Waals surface area contributed by atoms with Gasteiger partial charge in [0.1, 0.15) is 0 Å². The monoisotopic (exact) mass is 293 g/mol. The number of nitrogens with zero attached hydrogens (tertiary/aromatic N) is 2. The Kier molecular flexibility index (Phi) is 4.25. The van der Waals surface area contributed by atoms with Crippen LogP contribution in [0.5, 0.6) is 0 Å². The summed E-state index contributed by atoms with van der Waals surface area (Å²) in [5.41, 5.74) is 4.15. The first kappa shape index (κ1) is 14.7. The highest BCUT2D eigenvalue weighted by atomic mass is 32.2. The van der Waals surface area contributed by atoms with Gasteiger partial charge in [-0.3, -0.25) is 4.68 Å². The molecule has 0 amide bonds. The molecule has 0 saturated carbocycles. The Hall–Kier alpha value is -1.66. The number of hydrogen-bond donors (Lipinski definition) is 1. The number of benzene rings is 1. The van der Waals surface area contributed by atoms with Crippen molar-refractivity contribution in [3.63, 3.8) is 0 Å². The van der Waals surface area contributed by atoms with E-state index in [1.54, 1.807) is 0 Å². The van der Waals surface area contributed by atoms with E-state index in [1.165, 1.54) is 0 Å². The number of aromatic nitrogens is 2. The first-order valence-corrected chi connectivity index (χ1v) is 8.26. The highest BCUT2D eigenvalue weighted by molar-refractivity contribution is 7.88. The summed E-state index contributed by atoms with van der Waals surface area (Å²) in [7, 11) is -3.16. The van der Waals surface area contributed by atoms with E-state index < -0.39 is 10.0 Å². The van der Waals surface area contributed by atoms with Crippen LogP contribution >= 0.6 is 0 Å². The number of hydrogen-bond acceptors (Lipinski definition) is 3. The van der Waals surface area contributed by atoms with E-state index in [4.69, 9.17) is 0 Å². The molecule has 0 aliphatic heterocycles. The summed E-state index contributed by atoms with van der Waals surface area (Å²) in [5, 5.41) is 4.43. The lowest BCUT2D eigenvalue weighted by Gasteiger charge is -2.07. The summed E-state index contributed by atoms with van der Waals surface area (Å²) in [6.45, 7) is 4.99. The van der Waals surface area contributed by atoms with Crippen molar-refractivity contribution in [1.82, 2.24) is 14.5 Å². The fourth-order valence-corrected chi connectivity index (χ4v) is 2.49. The van der Waals surface area contributed by atoms with Gasteiger partial charge in [0.15, 0.2) is 0 Å². The van der Waals surface area contributed by atoms with Crippen molar-refractivity contribution in [2.45, 2.75) is 26.9 Å². The summed E-state index contributed by atoms with van der Waals surface area (Å²) < 4.78 is 26.6. The van der Waals surface area contributed by atoms with Crippen molar-refractivity contribution in [1.29, 1.82) is 0 Å². The standard InChI is InChI=1S/C14H19N3O2S/c1-11-7-12(2)17(16-11)10-14-6-4-5-13(8-14)9-15-20(3,18)19/h4-8,15H,9-10H2,1-3H3. The van der Waals surface area contributed by atoms with E-state index >= 15 is 0 Å². The molecule has 0 aliphatic rings. The van der Waals surface area contributed by atoms with E-state index in [0.29, 0.717) is 13.1 Å². The Morgan fingerprint density at radius 1 is 1.20 bits per heavy atom. The SMILES string of the molecule is Cc1cc(C)n(Cc2cccc(CNS(C)(=O)=O)c2)n1. The zero-order chi connectivity index (χ0) is 14.8. The molecule has 0 aliphatic carbocycles. The molecule has 6 heteroatoms. The second kappa shape index (κ2) is 5.76. The lowest BCUT2D eigenvalue weighted by atomic mass is 10.1. The molecule has 0 fully saturated rings. The summed E-state index contributed by atoms with van der Waals surface area (Å²) in [6, 6.07) is 9.88. The van der Waals surface area contributed by atoms with Crippen molar-refractivity contribution in [2.24, 2.45) is 0 Å². The summed E-state index contributed by atoms with van der Waals surface area (Å²) in [5.74, 6) is 0. The van der Waals surface area contributed by atoms with Crippen LogP contribution in [-0.2, 0) is 23.1 Å². The molecule has 2 rings (SSSR count). The van der Waals surface area contributed by atoms with Crippen LogP contribution in [0.3, 0.4) is 0 Å². The minimum Gasteiger partial charge on any atom is -0.265 e. The van der Waals surface area contributed by atoms with Crippen LogP contribution in [0.4, 0.5) is 0 Å². The quantitative estimate of drug-likeness (QED) is 0.910. The summed E-state index contributed by atoms with van der Waals surface area (Å²) in [4.78, 5) is 0. The van der Waals surface area contributed by atoms with Gasteiger partial charge in [0.2, 0.25) is 10.0 Å². The molecule has 108 valence electrons. The first-order valence-electron chi connectivity index (χ1n) is 6.37. The third-order valence-corrected chi connectivity index (χ3v) is 3.63. The Morgan fingerprint density at radius 2 is 1.90 bits per heavy atom. The molecule has 5 nitrogen and oxygen atoms in total. The fraction of sp³-hybridized carbons (Fsp3) is 0.357. The average Bonchev–Trinajstić information content (AvgIpc) is 2.65. The molecular formula is C14H19N3O2S. The van der Waals surface area contributed by atoms with Crippen LogP contribution in [0.15, 0.2) is 30.3 Å². The van der Waals surface area contributed by atoms with Crippen molar-refractivity contribution in [3.05, 3.63) is 52.8 Å². The zero-order valence-corrected chi connectivity index (χ0v) is 12.7. The van der Waals surface area contributed by atoms with E-state index in [1.807, 2.05) is 48.9 Å². The molecule has 0 spiro atoms. The maximum atomic E-state index is 11.1. The smallest absolute Gasteiger partial charge is 0.209 e. The first-order chi connectivity index (χ1) is 9.33. The molecule has 0 unspecified atom stereocenters. The van der Waals surface area contributed by atoms with Crippen LogP contribution in [0.2, 0.25) is 0 Å². The van der Waals surface area contributed by atoms with Crippen LogP contribution in [0.25, 0.3) is 0 Å². The van der Waals surface area contributed by atoms with Crippen molar-refractivity contribution in [2.75, 3.05) is 6.26 Å². The average molecular weight is 293 g/mol. The predicted molar refractivity (Wildman–Crippen MR) is 78.9 cm³/mol. The van der Waals surface area contributed by atoms with Crippen LogP contribution in [0.1, 0.15) is 22.5 Å². The molecule has 0 atom stereocenters. The van der Waals surface area contributed by atoms with Crippen LogP contribution < -0.4 is 4.72 Å². The highest BCUT2D eigenvalue weighted by Gasteiger charge is 2.04. The lowest BCUT2D eigenvalue weighted by Crippen LogP contribution is -2.21. The second-order valence-electron chi connectivity index (χ2n) is 5.00. The van der Waals surface area contributed by atoms with E-state index in [9.17, 15) is 8.42 Å². The molecule has 2 aromatic rings. The fourth-order valence-electron chi connectivity index (χ4n) is 2.06. The highest BCUT2D eigenvalue weighted by Crippen LogP contribution is 2.10. The van der Waals surface area contributed by atoms with Crippen molar-refractivity contribution >= 4 is 10.0 Å². The number of rotatable bonds is 5. The minimum atomic E-state index is -3.16. The van der Waals surface area contributed by atoms with E-state index in [0.717, 1.165) is 28.8 Å². The van der Waals surface area contributed by atoms with Gasteiger partial charge in [-0.1, -0.05) is 24.3 Å². The van der Waals surface area contributed by atoms with Gasteiger partial charge in [-0.15, -0.1) is 0 Å². The van der Waals surface area contributed by atoms with Gasteiger partial charge in [-0.2, -0.15) is 5.10 Å². The molecule has 1 heterocycles. The normalized spacial score (nSPS) is 11.8. The van der Waals surface area contributed by atoms with Crippen molar-refractivity contribution < 1.29 is 8.42 Å². The second-order valence-corrected chi connectivity index (χ2v) is 6.83. The van der Waals surface area contributed by atoms with Gasteiger partial charge in [0.25, 0.3) is 0 Å². The molecule has 20 heavy (non-hydrogen) atoms. The van der Waals surface area contributed by atoms with Gasteiger partial charge in [0, 0.05) is 12.2 Å². The van der Waals surface area contributed by atoms with Gasteiger partial charge >= 0.3 is 0 Å². The molecule has 0 bridgehead atoms. The largest absolute Gasteiger partial charge is 0.265 e. The maximum Gasteiger partial charge on any atom is 0.209 e. The van der Waals surface area contributed by atoms with Crippen LogP contribution in [0, 0.1) is 13.8 Å². The van der Waals surface area contributed by atoms with Crippen LogP contribution in [-0.4, -0.2) is 24.5 Å². The third-order valence-electron chi connectivity index (χ3n) is 2.97. The number of aryl methyl sites for hydroxylation is 2. The van der Waals surface area contributed by atoms with E-state index in [-0.39, 0.29) is 0 Å². The minimum absolute atomic E-state index is 0.309. The zero-order valence-electron chi connectivity index (χ0n) is 11.9. The Labute approximate surface area is 119 Å². The molecule has 0 radical (unpaired) electrons. The molecule has 1 aromatic carbocycles. The topological polar surface area (TPSA) is 64.0 Å². The third kappa shape index (κ3) is 4.18. The van der Waals surface area contributed by atoms with Gasteiger partial charge in [-0.25, -0.2) is 13.1 Å². The molecule has 1 aromatic heterocycles. The van der Waals surface area contributed by atoms with Crippen molar-refractivity contribution in [3.8, 4) is 0 Å². The molecule has 0 saturated heterocycles. The Balaban J connectivity index is 2.12. The Morgan fingerprint density at radius 3 is 2.50 bits per heavy atom.